The minimum absolute atomic E-state index is 0.382. The minimum Gasteiger partial charge on any atom is -0.384 e. The molecule has 1 fully saturated rings. The molecule has 0 aromatic carbocycles. The summed E-state index contributed by atoms with van der Waals surface area (Å²) in [5, 5.41) is 0. The van der Waals surface area contributed by atoms with Gasteiger partial charge in [-0.25, -0.2) is 0 Å². The Hall–Kier alpha value is -0.0800. The van der Waals surface area contributed by atoms with Crippen LogP contribution in [0.15, 0.2) is 0 Å². The third-order valence-electron chi connectivity index (χ3n) is 3.11. The van der Waals surface area contributed by atoms with E-state index in [0.717, 1.165) is 12.5 Å². The summed E-state index contributed by atoms with van der Waals surface area (Å²) in [5.41, 5.74) is 6.00. The van der Waals surface area contributed by atoms with E-state index in [2.05, 4.69) is 6.92 Å². The van der Waals surface area contributed by atoms with E-state index in [4.69, 9.17) is 10.5 Å². The lowest BCUT2D eigenvalue weighted by atomic mass is 9.78. The zero-order valence-corrected chi connectivity index (χ0v) is 8.25. The van der Waals surface area contributed by atoms with Gasteiger partial charge in [-0.2, -0.15) is 0 Å². The highest BCUT2D eigenvalue weighted by atomic mass is 16.5. The number of hydrogen-bond donors (Lipinski definition) is 1. The summed E-state index contributed by atoms with van der Waals surface area (Å²) in [6, 6.07) is 0.382. The van der Waals surface area contributed by atoms with Crippen LogP contribution in [-0.4, -0.2) is 19.8 Å². The van der Waals surface area contributed by atoms with Gasteiger partial charge < -0.3 is 10.5 Å². The van der Waals surface area contributed by atoms with Crippen molar-refractivity contribution in [3.63, 3.8) is 0 Å². The summed E-state index contributed by atoms with van der Waals surface area (Å²) in [4.78, 5) is 0. The number of nitrogens with two attached hydrogens (primary N) is 1. The lowest BCUT2D eigenvalue weighted by Gasteiger charge is -2.33. The normalized spacial score (nSPS) is 36.8. The van der Waals surface area contributed by atoms with Gasteiger partial charge >= 0.3 is 0 Å². The van der Waals surface area contributed by atoms with Crippen molar-refractivity contribution in [2.45, 2.75) is 38.6 Å². The first kappa shape index (κ1) is 10.0. The maximum atomic E-state index is 6.00. The van der Waals surface area contributed by atoms with Gasteiger partial charge in [-0.15, -0.1) is 0 Å². The van der Waals surface area contributed by atoms with Gasteiger partial charge in [-0.1, -0.05) is 13.3 Å². The van der Waals surface area contributed by atoms with Crippen LogP contribution in [0.1, 0.15) is 32.6 Å². The largest absolute Gasteiger partial charge is 0.384 e. The van der Waals surface area contributed by atoms with E-state index in [9.17, 15) is 0 Å². The summed E-state index contributed by atoms with van der Waals surface area (Å²) < 4.78 is 5.16. The molecule has 3 atom stereocenters. The van der Waals surface area contributed by atoms with Crippen LogP contribution < -0.4 is 5.73 Å². The number of hydrogen-bond acceptors (Lipinski definition) is 2. The minimum atomic E-state index is 0.382. The SMILES string of the molecule is CCC1CCC(N)C(COC)C1. The molecule has 0 spiro atoms. The average molecular weight is 171 g/mol. The van der Waals surface area contributed by atoms with E-state index >= 15 is 0 Å². The standard InChI is InChI=1S/C10H21NO/c1-3-8-4-5-10(11)9(6-8)7-12-2/h8-10H,3-7,11H2,1-2H3. The van der Waals surface area contributed by atoms with Gasteiger partial charge in [0.25, 0.3) is 0 Å². The second kappa shape index (κ2) is 4.83. The Morgan fingerprint density at radius 2 is 2.17 bits per heavy atom. The molecule has 72 valence electrons. The van der Waals surface area contributed by atoms with E-state index in [1.807, 2.05) is 0 Å². The van der Waals surface area contributed by atoms with Gasteiger partial charge in [0.15, 0.2) is 0 Å². The van der Waals surface area contributed by atoms with E-state index in [0.29, 0.717) is 12.0 Å². The smallest absolute Gasteiger partial charge is 0.0505 e. The van der Waals surface area contributed by atoms with Crippen LogP contribution in [0.3, 0.4) is 0 Å². The van der Waals surface area contributed by atoms with Crippen molar-refractivity contribution in [2.75, 3.05) is 13.7 Å². The molecule has 3 unspecified atom stereocenters. The topological polar surface area (TPSA) is 35.2 Å². The highest BCUT2D eigenvalue weighted by Crippen LogP contribution is 2.30. The van der Waals surface area contributed by atoms with Crippen molar-refractivity contribution in [3.05, 3.63) is 0 Å². The number of ether oxygens (including phenoxy) is 1. The van der Waals surface area contributed by atoms with Gasteiger partial charge in [0.05, 0.1) is 6.61 Å². The quantitative estimate of drug-likeness (QED) is 0.702. The van der Waals surface area contributed by atoms with Crippen LogP contribution >= 0.6 is 0 Å². The fourth-order valence-electron chi connectivity index (χ4n) is 2.16. The molecule has 2 nitrogen and oxygen atoms in total. The molecule has 0 heterocycles. The fraction of sp³-hybridized carbons (Fsp3) is 1.00. The Bertz CT molecular complexity index is 127. The van der Waals surface area contributed by atoms with Crippen molar-refractivity contribution in [1.82, 2.24) is 0 Å². The van der Waals surface area contributed by atoms with Gasteiger partial charge in [0.2, 0.25) is 0 Å². The molecule has 0 radical (unpaired) electrons. The fourth-order valence-corrected chi connectivity index (χ4v) is 2.16. The third-order valence-corrected chi connectivity index (χ3v) is 3.11. The van der Waals surface area contributed by atoms with Gasteiger partial charge in [0.1, 0.15) is 0 Å². The molecule has 0 amide bonds. The van der Waals surface area contributed by atoms with E-state index in [1.165, 1.54) is 25.7 Å². The number of methoxy groups -OCH3 is 1. The molecule has 0 bridgehead atoms. The lowest BCUT2D eigenvalue weighted by molar-refractivity contribution is 0.0998. The highest BCUT2D eigenvalue weighted by molar-refractivity contribution is 4.81. The Labute approximate surface area is 75.5 Å². The maximum absolute atomic E-state index is 6.00. The van der Waals surface area contributed by atoms with Gasteiger partial charge in [0, 0.05) is 13.2 Å². The molecule has 0 aliphatic heterocycles. The molecule has 12 heavy (non-hydrogen) atoms. The summed E-state index contributed by atoms with van der Waals surface area (Å²) >= 11 is 0. The molecular weight excluding hydrogens is 150 g/mol. The van der Waals surface area contributed by atoms with Gasteiger partial charge in [-0.3, -0.25) is 0 Å². The molecule has 1 rings (SSSR count). The molecular formula is C10H21NO. The van der Waals surface area contributed by atoms with Crippen LogP contribution in [0, 0.1) is 11.8 Å². The summed E-state index contributed by atoms with van der Waals surface area (Å²) in [6.07, 6.45) is 5.07. The molecule has 1 aliphatic carbocycles. The Balaban J connectivity index is 2.36. The van der Waals surface area contributed by atoms with Crippen LogP contribution in [0.5, 0.6) is 0 Å². The van der Waals surface area contributed by atoms with E-state index < -0.39 is 0 Å². The first-order valence-corrected chi connectivity index (χ1v) is 5.02. The predicted molar refractivity (Wildman–Crippen MR) is 51.0 cm³/mol. The van der Waals surface area contributed by atoms with Crippen molar-refractivity contribution >= 4 is 0 Å². The second-order valence-corrected chi connectivity index (χ2v) is 3.97. The molecule has 0 aromatic rings. The van der Waals surface area contributed by atoms with Crippen molar-refractivity contribution in [2.24, 2.45) is 17.6 Å². The lowest BCUT2D eigenvalue weighted by Crippen LogP contribution is -2.38. The summed E-state index contributed by atoms with van der Waals surface area (Å²) in [7, 11) is 1.77. The molecule has 1 saturated carbocycles. The predicted octanol–water partition coefficient (Wildman–Crippen LogP) is 1.79. The Kier molecular flexibility index (Phi) is 4.02. The zero-order valence-electron chi connectivity index (χ0n) is 8.25. The zero-order chi connectivity index (χ0) is 8.97. The average Bonchev–Trinajstić information content (AvgIpc) is 2.09. The second-order valence-electron chi connectivity index (χ2n) is 3.97. The maximum Gasteiger partial charge on any atom is 0.0505 e. The first-order valence-electron chi connectivity index (χ1n) is 5.02. The van der Waals surface area contributed by atoms with Gasteiger partial charge in [-0.05, 0) is 31.1 Å². The third kappa shape index (κ3) is 2.46. The monoisotopic (exact) mass is 171 g/mol. The molecule has 2 heteroatoms. The molecule has 0 saturated heterocycles. The Morgan fingerprint density at radius 3 is 2.75 bits per heavy atom. The molecule has 0 aromatic heterocycles. The van der Waals surface area contributed by atoms with Crippen LogP contribution in [-0.2, 0) is 4.74 Å². The van der Waals surface area contributed by atoms with Crippen LogP contribution in [0.2, 0.25) is 0 Å². The Morgan fingerprint density at radius 1 is 1.42 bits per heavy atom. The van der Waals surface area contributed by atoms with Crippen molar-refractivity contribution < 1.29 is 4.74 Å². The summed E-state index contributed by atoms with van der Waals surface area (Å²) in [6.45, 7) is 3.11. The van der Waals surface area contributed by atoms with E-state index in [1.54, 1.807) is 7.11 Å². The summed E-state index contributed by atoms with van der Waals surface area (Å²) in [5.74, 6) is 1.50. The molecule has 2 N–H and O–H groups in total. The van der Waals surface area contributed by atoms with Crippen LogP contribution in [0.25, 0.3) is 0 Å². The number of rotatable bonds is 3. The van der Waals surface area contributed by atoms with E-state index in [-0.39, 0.29) is 0 Å². The molecule has 1 aliphatic rings. The van der Waals surface area contributed by atoms with Crippen molar-refractivity contribution in [3.8, 4) is 0 Å². The first-order chi connectivity index (χ1) is 5.77. The van der Waals surface area contributed by atoms with Crippen molar-refractivity contribution in [1.29, 1.82) is 0 Å². The highest BCUT2D eigenvalue weighted by Gasteiger charge is 2.26. The van der Waals surface area contributed by atoms with Crippen LogP contribution in [0.4, 0.5) is 0 Å².